The van der Waals surface area contributed by atoms with Crippen LogP contribution in [0, 0.1) is 0 Å². The van der Waals surface area contributed by atoms with E-state index in [1.807, 2.05) is 23.1 Å². The summed E-state index contributed by atoms with van der Waals surface area (Å²) < 4.78 is 1.65. The van der Waals surface area contributed by atoms with Crippen LogP contribution in [0.4, 0.5) is 0 Å². The summed E-state index contributed by atoms with van der Waals surface area (Å²) in [6, 6.07) is 9.11. The molecular formula is C18H15Cl2N5O. The first kappa shape index (κ1) is 17.0. The molecule has 4 rings (SSSR count). The number of rotatable bonds is 3. The van der Waals surface area contributed by atoms with E-state index in [1.54, 1.807) is 23.0 Å². The lowest BCUT2D eigenvalue weighted by molar-refractivity contribution is -0.130. The fraction of sp³-hybridized carbons (Fsp3) is 0.222. The minimum atomic E-state index is 0.0703. The molecular weight excluding hydrogens is 373 g/mol. The van der Waals surface area contributed by atoms with E-state index in [0.29, 0.717) is 35.2 Å². The normalized spacial score (nSPS) is 14.5. The van der Waals surface area contributed by atoms with Crippen LogP contribution in [0.3, 0.4) is 0 Å². The molecule has 3 heterocycles. The zero-order chi connectivity index (χ0) is 18.1. The van der Waals surface area contributed by atoms with Gasteiger partial charge in [0.2, 0.25) is 5.91 Å². The van der Waals surface area contributed by atoms with Gasteiger partial charge < -0.3 is 4.90 Å². The zero-order valence-electron chi connectivity index (χ0n) is 13.8. The summed E-state index contributed by atoms with van der Waals surface area (Å²) in [4.78, 5) is 14.4. The maximum atomic E-state index is 12.5. The van der Waals surface area contributed by atoms with E-state index in [1.165, 1.54) is 0 Å². The van der Waals surface area contributed by atoms with Crippen LogP contribution in [0.15, 0.2) is 42.7 Å². The second kappa shape index (κ2) is 7.05. The van der Waals surface area contributed by atoms with Crippen molar-refractivity contribution in [2.45, 2.75) is 12.8 Å². The average Bonchev–Trinajstić information content (AvgIpc) is 3.12. The fourth-order valence-electron chi connectivity index (χ4n) is 2.96. The second-order valence-electron chi connectivity index (χ2n) is 6.10. The van der Waals surface area contributed by atoms with Gasteiger partial charge in [-0.25, -0.2) is 0 Å². The van der Waals surface area contributed by atoms with Crippen molar-refractivity contribution < 1.29 is 4.79 Å². The van der Waals surface area contributed by atoms with Crippen molar-refractivity contribution in [3.63, 3.8) is 0 Å². The number of carbonyl (C=O) groups is 1. The van der Waals surface area contributed by atoms with Crippen LogP contribution in [0.1, 0.15) is 17.7 Å². The van der Waals surface area contributed by atoms with E-state index in [4.69, 9.17) is 23.2 Å². The molecule has 6 nitrogen and oxygen atoms in total. The highest BCUT2D eigenvalue weighted by molar-refractivity contribution is 6.42. The quantitative estimate of drug-likeness (QED) is 0.691. The molecule has 3 aromatic rings. The van der Waals surface area contributed by atoms with Gasteiger partial charge in [-0.1, -0.05) is 35.3 Å². The maximum absolute atomic E-state index is 12.5. The molecule has 0 fully saturated rings. The topological polar surface area (TPSA) is 63.4 Å². The van der Waals surface area contributed by atoms with Crippen molar-refractivity contribution in [2.24, 2.45) is 0 Å². The van der Waals surface area contributed by atoms with Gasteiger partial charge in [0.25, 0.3) is 0 Å². The molecule has 1 amide bonds. The number of amides is 1. The molecule has 0 spiro atoms. The number of aromatic nitrogens is 4. The highest BCUT2D eigenvalue weighted by atomic mass is 35.5. The van der Waals surface area contributed by atoms with Gasteiger partial charge in [0.15, 0.2) is 5.65 Å². The summed E-state index contributed by atoms with van der Waals surface area (Å²) in [5.74, 6) is 0.0703. The molecule has 2 aromatic heterocycles. The molecule has 1 aliphatic rings. The van der Waals surface area contributed by atoms with Crippen LogP contribution in [-0.2, 0) is 11.2 Å². The Morgan fingerprint density at radius 2 is 2.04 bits per heavy atom. The van der Waals surface area contributed by atoms with Gasteiger partial charge in [0.05, 0.1) is 22.2 Å². The third-order valence-electron chi connectivity index (χ3n) is 4.39. The first-order valence-corrected chi connectivity index (χ1v) is 8.94. The largest absolute Gasteiger partial charge is 0.338 e. The van der Waals surface area contributed by atoms with E-state index in [0.717, 1.165) is 23.3 Å². The van der Waals surface area contributed by atoms with Crippen LogP contribution < -0.4 is 0 Å². The summed E-state index contributed by atoms with van der Waals surface area (Å²) >= 11 is 11.9. The number of nitrogens with zero attached hydrogens (tertiary/aromatic N) is 5. The maximum Gasteiger partial charge on any atom is 0.227 e. The van der Waals surface area contributed by atoms with E-state index < -0.39 is 0 Å². The number of halogens is 2. The molecule has 0 saturated heterocycles. The molecule has 0 saturated carbocycles. The van der Waals surface area contributed by atoms with Crippen LogP contribution >= 0.6 is 23.2 Å². The van der Waals surface area contributed by atoms with E-state index in [-0.39, 0.29) is 5.91 Å². The first-order chi connectivity index (χ1) is 12.6. The smallest absolute Gasteiger partial charge is 0.227 e. The molecule has 1 aliphatic heterocycles. The predicted molar refractivity (Wildman–Crippen MR) is 100 cm³/mol. The zero-order valence-corrected chi connectivity index (χ0v) is 15.3. The molecule has 0 radical (unpaired) electrons. The van der Waals surface area contributed by atoms with Crippen LogP contribution in [0.2, 0.25) is 10.0 Å². The minimum Gasteiger partial charge on any atom is -0.338 e. The van der Waals surface area contributed by atoms with Gasteiger partial charge in [0.1, 0.15) is 6.33 Å². The summed E-state index contributed by atoms with van der Waals surface area (Å²) in [7, 11) is 0. The third kappa shape index (κ3) is 3.43. The third-order valence-corrected chi connectivity index (χ3v) is 5.13. The minimum absolute atomic E-state index is 0.0703. The highest BCUT2D eigenvalue weighted by Gasteiger charge is 2.19. The van der Waals surface area contributed by atoms with Crippen molar-refractivity contribution in [3.8, 4) is 0 Å². The number of hydrogen-bond donors (Lipinski definition) is 0. The van der Waals surface area contributed by atoms with Crippen molar-refractivity contribution in [1.29, 1.82) is 0 Å². The molecule has 132 valence electrons. The Hall–Kier alpha value is -2.44. The van der Waals surface area contributed by atoms with Crippen molar-refractivity contribution in [3.05, 3.63) is 64.0 Å². The predicted octanol–water partition coefficient (Wildman–Crippen LogP) is 3.29. The van der Waals surface area contributed by atoms with Gasteiger partial charge in [0, 0.05) is 13.1 Å². The van der Waals surface area contributed by atoms with Gasteiger partial charge in [-0.2, -0.15) is 9.61 Å². The fourth-order valence-corrected chi connectivity index (χ4v) is 3.28. The molecule has 26 heavy (non-hydrogen) atoms. The Kier molecular flexibility index (Phi) is 4.61. The van der Waals surface area contributed by atoms with E-state index in [9.17, 15) is 4.79 Å². The summed E-state index contributed by atoms with van der Waals surface area (Å²) in [5, 5.41) is 13.3. The van der Waals surface area contributed by atoms with Crippen LogP contribution in [0.25, 0.3) is 11.2 Å². The molecule has 0 aliphatic carbocycles. The van der Waals surface area contributed by atoms with Crippen molar-refractivity contribution in [2.75, 3.05) is 13.1 Å². The number of carbonyl (C=O) groups excluding carboxylic acids is 1. The Morgan fingerprint density at radius 1 is 1.15 bits per heavy atom. The number of benzene rings is 1. The average molecular weight is 388 g/mol. The standard InChI is InChI=1S/C18H15Cl2N5O/c19-14-2-1-12(9-15(14)20)10-18(26)24-7-5-13(6-8-24)16-3-4-17-22-21-11-25(17)23-16/h1-5,9,11H,6-8,10H2. The summed E-state index contributed by atoms with van der Waals surface area (Å²) in [5.41, 5.74) is 3.58. The van der Waals surface area contributed by atoms with Crippen LogP contribution in [0.5, 0.6) is 0 Å². The highest BCUT2D eigenvalue weighted by Crippen LogP contribution is 2.24. The number of hydrogen-bond acceptors (Lipinski definition) is 4. The van der Waals surface area contributed by atoms with Gasteiger partial charge >= 0.3 is 0 Å². The van der Waals surface area contributed by atoms with Crippen LogP contribution in [-0.4, -0.2) is 43.7 Å². The molecule has 0 N–H and O–H groups in total. The second-order valence-corrected chi connectivity index (χ2v) is 6.91. The van der Waals surface area contributed by atoms with Gasteiger partial charge in [-0.15, -0.1) is 10.2 Å². The lowest BCUT2D eigenvalue weighted by atomic mass is 10.0. The Labute approximate surface area is 160 Å². The first-order valence-electron chi connectivity index (χ1n) is 8.18. The van der Waals surface area contributed by atoms with E-state index >= 15 is 0 Å². The van der Waals surface area contributed by atoms with E-state index in [2.05, 4.69) is 21.4 Å². The summed E-state index contributed by atoms with van der Waals surface area (Å²) in [6.07, 6.45) is 4.70. The Balaban J connectivity index is 1.44. The SMILES string of the molecule is O=C(Cc1ccc(Cl)c(Cl)c1)N1CC=C(c2ccc3nncn3n2)CC1. The molecule has 0 atom stereocenters. The molecule has 0 bridgehead atoms. The monoisotopic (exact) mass is 387 g/mol. The number of fused-ring (bicyclic) bond motifs is 1. The van der Waals surface area contributed by atoms with Crippen molar-refractivity contribution >= 4 is 40.3 Å². The van der Waals surface area contributed by atoms with Gasteiger partial charge in [-0.05, 0) is 41.8 Å². The molecule has 1 aromatic carbocycles. The van der Waals surface area contributed by atoms with Gasteiger partial charge in [-0.3, -0.25) is 4.79 Å². The lowest BCUT2D eigenvalue weighted by Crippen LogP contribution is -2.35. The Bertz CT molecular complexity index is 1010. The molecule has 0 unspecified atom stereocenters. The molecule has 8 heteroatoms. The summed E-state index contributed by atoms with van der Waals surface area (Å²) in [6.45, 7) is 1.23. The lowest BCUT2D eigenvalue weighted by Gasteiger charge is -2.26. The van der Waals surface area contributed by atoms with Crippen molar-refractivity contribution in [1.82, 2.24) is 24.7 Å². The Morgan fingerprint density at radius 3 is 2.81 bits per heavy atom.